The topological polar surface area (TPSA) is 32.3 Å². The number of hydrogen-bond acceptors (Lipinski definition) is 3. The lowest BCUT2D eigenvalue weighted by Crippen LogP contribution is -2.31. The molecule has 1 amide bonds. The molecule has 1 aromatic rings. The van der Waals surface area contributed by atoms with E-state index in [4.69, 9.17) is 0 Å². The first kappa shape index (κ1) is 13.6. The summed E-state index contributed by atoms with van der Waals surface area (Å²) >= 11 is 1.69. The predicted octanol–water partition coefficient (Wildman–Crippen LogP) is 3.15. The Kier molecular flexibility index (Phi) is 4.78. The van der Waals surface area contributed by atoms with Crippen LogP contribution in [0.4, 0.5) is 0 Å². The van der Waals surface area contributed by atoms with Gasteiger partial charge in [-0.1, -0.05) is 26.7 Å². The Morgan fingerprint density at radius 2 is 2.22 bits per heavy atom. The van der Waals surface area contributed by atoms with Crippen molar-refractivity contribution >= 4 is 17.2 Å². The minimum atomic E-state index is -0.00322. The van der Waals surface area contributed by atoms with Crippen LogP contribution >= 0.6 is 11.3 Å². The van der Waals surface area contributed by atoms with Crippen molar-refractivity contribution in [1.82, 2.24) is 10.2 Å². The molecule has 0 aromatic carbocycles. The van der Waals surface area contributed by atoms with Gasteiger partial charge in [0.05, 0.1) is 6.04 Å². The second-order valence-electron chi connectivity index (χ2n) is 4.83. The van der Waals surface area contributed by atoms with Crippen LogP contribution in [-0.4, -0.2) is 23.4 Å². The van der Waals surface area contributed by atoms with Crippen LogP contribution in [0.1, 0.15) is 51.3 Å². The van der Waals surface area contributed by atoms with Crippen LogP contribution in [0.3, 0.4) is 0 Å². The van der Waals surface area contributed by atoms with E-state index >= 15 is 0 Å². The molecule has 1 aliphatic rings. The van der Waals surface area contributed by atoms with Crippen molar-refractivity contribution in [2.45, 2.75) is 51.7 Å². The van der Waals surface area contributed by atoms with E-state index in [1.807, 2.05) is 4.90 Å². The van der Waals surface area contributed by atoms with Crippen molar-refractivity contribution in [2.75, 3.05) is 6.54 Å². The van der Waals surface area contributed by atoms with E-state index in [0.717, 1.165) is 19.4 Å². The van der Waals surface area contributed by atoms with E-state index < -0.39 is 0 Å². The lowest BCUT2D eigenvalue weighted by atomic mass is 10.2. The van der Waals surface area contributed by atoms with Gasteiger partial charge in [-0.25, -0.2) is 0 Å². The SMILES string of the molecule is CCCCCN1C(=O)C(CC)NC1c1ccsc1. The fourth-order valence-corrected chi connectivity index (χ4v) is 3.13. The highest BCUT2D eigenvalue weighted by molar-refractivity contribution is 7.07. The first-order valence-electron chi connectivity index (χ1n) is 6.86. The fraction of sp³-hybridized carbons (Fsp3) is 0.643. The number of hydrogen-bond donors (Lipinski definition) is 1. The minimum Gasteiger partial charge on any atom is -0.322 e. The zero-order valence-corrected chi connectivity index (χ0v) is 12.0. The normalized spacial score (nSPS) is 23.9. The third kappa shape index (κ3) is 2.75. The molecule has 0 bridgehead atoms. The number of amides is 1. The summed E-state index contributed by atoms with van der Waals surface area (Å²) in [6, 6.07) is 2.11. The molecule has 1 N–H and O–H groups in total. The molecule has 2 atom stereocenters. The molecular formula is C14H22N2OS. The van der Waals surface area contributed by atoms with Gasteiger partial charge in [0.15, 0.2) is 0 Å². The van der Waals surface area contributed by atoms with Crippen LogP contribution in [0.25, 0.3) is 0 Å². The van der Waals surface area contributed by atoms with Crippen LogP contribution in [0.15, 0.2) is 16.8 Å². The van der Waals surface area contributed by atoms with E-state index in [1.54, 1.807) is 11.3 Å². The van der Waals surface area contributed by atoms with Gasteiger partial charge in [-0.3, -0.25) is 10.1 Å². The highest BCUT2D eigenvalue weighted by Crippen LogP contribution is 2.28. The van der Waals surface area contributed by atoms with Crippen LogP contribution < -0.4 is 5.32 Å². The van der Waals surface area contributed by atoms with Gasteiger partial charge < -0.3 is 4.90 Å². The summed E-state index contributed by atoms with van der Waals surface area (Å²) in [5.41, 5.74) is 1.22. The van der Waals surface area contributed by atoms with Gasteiger partial charge in [-0.15, -0.1) is 0 Å². The Hall–Kier alpha value is -0.870. The molecule has 1 saturated heterocycles. The molecule has 1 aromatic heterocycles. The molecule has 2 unspecified atom stereocenters. The number of carbonyl (C=O) groups excluding carboxylic acids is 1. The summed E-state index contributed by atoms with van der Waals surface area (Å²) in [7, 11) is 0. The molecule has 0 radical (unpaired) electrons. The Balaban J connectivity index is 2.08. The monoisotopic (exact) mass is 266 g/mol. The maximum absolute atomic E-state index is 12.3. The summed E-state index contributed by atoms with van der Waals surface area (Å²) < 4.78 is 0. The molecule has 100 valence electrons. The standard InChI is InChI=1S/C14H22N2OS/c1-3-5-6-8-16-13(11-7-9-18-10-11)15-12(4-2)14(16)17/h7,9-10,12-13,15H,3-6,8H2,1-2H3. The van der Waals surface area contributed by atoms with E-state index in [-0.39, 0.29) is 18.1 Å². The average Bonchev–Trinajstić information content (AvgIpc) is 2.99. The van der Waals surface area contributed by atoms with Crippen molar-refractivity contribution in [3.8, 4) is 0 Å². The molecule has 2 heterocycles. The maximum atomic E-state index is 12.3. The summed E-state index contributed by atoms with van der Waals surface area (Å²) in [6.07, 6.45) is 4.43. The van der Waals surface area contributed by atoms with Crippen molar-refractivity contribution < 1.29 is 4.79 Å². The van der Waals surface area contributed by atoms with Crippen molar-refractivity contribution in [1.29, 1.82) is 0 Å². The zero-order valence-electron chi connectivity index (χ0n) is 11.2. The molecule has 4 heteroatoms. The van der Waals surface area contributed by atoms with Gasteiger partial charge in [0.25, 0.3) is 0 Å². The van der Waals surface area contributed by atoms with Crippen LogP contribution in [-0.2, 0) is 4.79 Å². The molecule has 0 saturated carbocycles. The number of nitrogens with one attached hydrogen (secondary N) is 1. The van der Waals surface area contributed by atoms with Gasteiger partial charge in [-0.2, -0.15) is 11.3 Å². The summed E-state index contributed by atoms with van der Waals surface area (Å²) in [5.74, 6) is 0.268. The molecule has 1 fully saturated rings. The Morgan fingerprint density at radius 3 is 2.83 bits per heavy atom. The molecule has 0 aliphatic carbocycles. The van der Waals surface area contributed by atoms with Crippen molar-refractivity contribution in [3.63, 3.8) is 0 Å². The third-order valence-corrected chi connectivity index (χ3v) is 4.22. The van der Waals surface area contributed by atoms with Crippen LogP contribution in [0.5, 0.6) is 0 Å². The van der Waals surface area contributed by atoms with E-state index in [9.17, 15) is 4.79 Å². The average molecular weight is 266 g/mol. The molecule has 0 spiro atoms. The van der Waals surface area contributed by atoms with Gasteiger partial charge in [0, 0.05) is 6.54 Å². The molecule has 2 rings (SSSR count). The lowest BCUT2D eigenvalue weighted by molar-refractivity contribution is -0.130. The maximum Gasteiger partial charge on any atom is 0.241 e. The number of carbonyl (C=O) groups is 1. The number of unbranched alkanes of at least 4 members (excludes halogenated alkanes) is 2. The summed E-state index contributed by atoms with van der Waals surface area (Å²) in [6.45, 7) is 5.13. The Bertz CT molecular complexity index is 377. The minimum absolute atomic E-state index is 0.00322. The molecule has 3 nitrogen and oxygen atoms in total. The van der Waals surface area contributed by atoms with Crippen LogP contribution in [0.2, 0.25) is 0 Å². The Labute approximate surface area is 113 Å². The summed E-state index contributed by atoms with van der Waals surface area (Å²) in [5, 5.41) is 7.66. The second kappa shape index (κ2) is 6.34. The van der Waals surface area contributed by atoms with Gasteiger partial charge in [-0.05, 0) is 35.2 Å². The molecular weight excluding hydrogens is 244 g/mol. The number of rotatable bonds is 6. The lowest BCUT2D eigenvalue weighted by Gasteiger charge is -2.23. The molecule has 1 aliphatic heterocycles. The third-order valence-electron chi connectivity index (χ3n) is 3.52. The smallest absolute Gasteiger partial charge is 0.241 e. The van der Waals surface area contributed by atoms with E-state index in [1.165, 1.54) is 18.4 Å². The number of nitrogens with zero attached hydrogens (tertiary/aromatic N) is 1. The van der Waals surface area contributed by atoms with Crippen LogP contribution in [0, 0.1) is 0 Å². The fourth-order valence-electron chi connectivity index (χ4n) is 2.45. The molecule has 18 heavy (non-hydrogen) atoms. The van der Waals surface area contributed by atoms with E-state index in [2.05, 4.69) is 36.0 Å². The van der Waals surface area contributed by atoms with Gasteiger partial charge >= 0.3 is 0 Å². The van der Waals surface area contributed by atoms with Crippen molar-refractivity contribution in [3.05, 3.63) is 22.4 Å². The zero-order chi connectivity index (χ0) is 13.0. The predicted molar refractivity (Wildman–Crippen MR) is 75.5 cm³/mol. The summed E-state index contributed by atoms with van der Waals surface area (Å²) in [4.78, 5) is 14.3. The van der Waals surface area contributed by atoms with Gasteiger partial charge in [0.2, 0.25) is 5.91 Å². The Morgan fingerprint density at radius 1 is 1.39 bits per heavy atom. The largest absolute Gasteiger partial charge is 0.322 e. The first-order chi connectivity index (χ1) is 8.77. The van der Waals surface area contributed by atoms with Gasteiger partial charge in [0.1, 0.15) is 6.17 Å². The quantitative estimate of drug-likeness (QED) is 0.802. The van der Waals surface area contributed by atoms with Crippen molar-refractivity contribution in [2.24, 2.45) is 0 Å². The first-order valence-corrected chi connectivity index (χ1v) is 7.80. The second-order valence-corrected chi connectivity index (χ2v) is 5.61. The number of thiophene rings is 1. The highest BCUT2D eigenvalue weighted by atomic mass is 32.1. The van der Waals surface area contributed by atoms with E-state index in [0.29, 0.717) is 0 Å². The highest BCUT2D eigenvalue weighted by Gasteiger charge is 2.38.